The van der Waals surface area contributed by atoms with Crippen LogP contribution in [-0.4, -0.2) is 12.3 Å². The van der Waals surface area contributed by atoms with Crippen LogP contribution in [0.2, 0.25) is 0 Å². The third kappa shape index (κ3) is 1.86. The highest BCUT2D eigenvalue weighted by Gasteiger charge is 2.20. The summed E-state index contributed by atoms with van der Waals surface area (Å²) < 4.78 is 22.7. The van der Waals surface area contributed by atoms with Crippen molar-refractivity contribution in [2.75, 3.05) is 0 Å². The van der Waals surface area contributed by atoms with Crippen molar-refractivity contribution in [2.24, 2.45) is 5.92 Å². The Bertz CT molecular complexity index is 94.0. The zero-order valence-electron chi connectivity index (χ0n) is 4.32. The van der Waals surface area contributed by atoms with Crippen LogP contribution in [0.1, 0.15) is 6.92 Å². The molecule has 2 nitrogen and oxygen atoms in total. The lowest BCUT2D eigenvalue weighted by atomic mass is 10.2. The first-order valence-corrected chi connectivity index (χ1v) is 2.09. The molecule has 1 amide bonds. The quantitative estimate of drug-likeness (QED) is 0.531. The second-order valence-electron chi connectivity index (χ2n) is 1.49. The Morgan fingerprint density at radius 1 is 1.62 bits per heavy atom. The van der Waals surface area contributed by atoms with E-state index in [-0.39, 0.29) is 0 Å². The summed E-state index contributed by atoms with van der Waals surface area (Å²) in [5.41, 5.74) is 6.20. The van der Waals surface area contributed by atoms with Gasteiger partial charge in [0.1, 0.15) is 0 Å². The van der Waals surface area contributed by atoms with E-state index >= 15 is 0 Å². The first-order chi connectivity index (χ1) is 3.55. The Labute approximate surface area is 45.7 Å². The molecule has 8 heavy (non-hydrogen) atoms. The molecule has 0 aromatic carbocycles. The topological polar surface area (TPSA) is 40.9 Å². The van der Waals surface area contributed by atoms with Crippen LogP contribution in [0.25, 0.3) is 0 Å². The number of alkyl halides is 2. The Hall–Kier alpha value is -0.670. The lowest BCUT2D eigenvalue weighted by Gasteiger charge is -2.01. The van der Waals surface area contributed by atoms with Gasteiger partial charge in [-0.1, -0.05) is 0 Å². The zero-order valence-corrected chi connectivity index (χ0v) is 4.32. The first-order valence-electron chi connectivity index (χ1n) is 2.09. The predicted octanol–water partition coefficient (Wildman–Crippen LogP) is 0.697. The molecule has 1 N–H and O–H groups in total. The van der Waals surface area contributed by atoms with E-state index in [0.29, 0.717) is 0 Å². The van der Waals surface area contributed by atoms with Crippen molar-refractivity contribution in [1.29, 1.82) is 0 Å². The molecular formula is C4H6F2NO. The Kier molecular flexibility index (Phi) is 2.37. The standard InChI is InChI=1S/C4H6F2NO/c1-2(3(5)6)4(7)8/h2-3,7H,1H3/t2-/m0/s1. The smallest absolute Gasteiger partial charge is 0.249 e. The fourth-order valence-electron chi connectivity index (χ4n) is 0.114. The van der Waals surface area contributed by atoms with Gasteiger partial charge in [0.05, 0.1) is 5.92 Å². The van der Waals surface area contributed by atoms with Gasteiger partial charge in [-0.15, -0.1) is 0 Å². The molecule has 0 fully saturated rings. The largest absolute Gasteiger partial charge is 0.273 e. The minimum Gasteiger partial charge on any atom is -0.273 e. The summed E-state index contributed by atoms with van der Waals surface area (Å²) in [7, 11) is 0. The van der Waals surface area contributed by atoms with E-state index in [0.717, 1.165) is 6.92 Å². The number of rotatable bonds is 2. The van der Waals surface area contributed by atoms with Gasteiger partial charge in [-0.25, -0.2) is 8.78 Å². The molecule has 0 rings (SSSR count). The molecule has 0 aliphatic heterocycles. The van der Waals surface area contributed by atoms with Crippen LogP contribution >= 0.6 is 0 Å². The van der Waals surface area contributed by atoms with Crippen molar-refractivity contribution in [1.82, 2.24) is 5.73 Å². The zero-order chi connectivity index (χ0) is 6.73. The third-order valence-corrected chi connectivity index (χ3v) is 0.792. The fourth-order valence-corrected chi connectivity index (χ4v) is 0.114. The maximum atomic E-state index is 11.3. The van der Waals surface area contributed by atoms with Gasteiger partial charge in [0.15, 0.2) is 0 Å². The molecule has 0 unspecified atom stereocenters. The molecule has 0 aliphatic carbocycles. The molecule has 0 aromatic heterocycles. The summed E-state index contributed by atoms with van der Waals surface area (Å²) in [6, 6.07) is 0. The highest BCUT2D eigenvalue weighted by molar-refractivity contribution is 5.75. The van der Waals surface area contributed by atoms with E-state index in [2.05, 4.69) is 0 Å². The molecule has 1 radical (unpaired) electrons. The van der Waals surface area contributed by atoms with Gasteiger partial charge in [0.2, 0.25) is 12.3 Å². The number of halogens is 2. The van der Waals surface area contributed by atoms with Crippen molar-refractivity contribution in [3.8, 4) is 0 Å². The van der Waals surface area contributed by atoms with Crippen LogP contribution in [-0.2, 0) is 4.79 Å². The van der Waals surface area contributed by atoms with E-state index in [4.69, 9.17) is 5.73 Å². The number of hydrogen-bond acceptors (Lipinski definition) is 1. The van der Waals surface area contributed by atoms with Crippen LogP contribution < -0.4 is 5.73 Å². The summed E-state index contributed by atoms with van der Waals surface area (Å²) >= 11 is 0. The van der Waals surface area contributed by atoms with Gasteiger partial charge in [-0.3, -0.25) is 10.5 Å². The minimum absolute atomic E-state index is 1.03. The van der Waals surface area contributed by atoms with Gasteiger partial charge in [-0.05, 0) is 6.92 Å². The Morgan fingerprint density at radius 2 is 2.00 bits per heavy atom. The monoisotopic (exact) mass is 122 g/mol. The minimum atomic E-state index is -2.69. The summed E-state index contributed by atoms with van der Waals surface area (Å²) in [5.74, 6) is -2.64. The van der Waals surface area contributed by atoms with Crippen molar-refractivity contribution in [3.05, 3.63) is 0 Å². The molecule has 0 spiro atoms. The van der Waals surface area contributed by atoms with Crippen LogP contribution in [0.15, 0.2) is 0 Å². The highest BCUT2D eigenvalue weighted by Crippen LogP contribution is 2.06. The van der Waals surface area contributed by atoms with E-state index in [1.807, 2.05) is 0 Å². The lowest BCUT2D eigenvalue weighted by Crippen LogP contribution is -2.18. The van der Waals surface area contributed by atoms with Crippen molar-refractivity contribution in [3.63, 3.8) is 0 Å². The van der Waals surface area contributed by atoms with Crippen LogP contribution in [0.3, 0.4) is 0 Å². The highest BCUT2D eigenvalue weighted by atomic mass is 19.3. The number of amides is 1. The molecule has 4 heteroatoms. The Balaban J connectivity index is 3.64. The van der Waals surface area contributed by atoms with Gasteiger partial charge < -0.3 is 0 Å². The molecule has 0 aromatic rings. The molecule has 0 saturated carbocycles. The lowest BCUT2D eigenvalue weighted by molar-refractivity contribution is -0.126. The maximum absolute atomic E-state index is 11.3. The van der Waals surface area contributed by atoms with Crippen LogP contribution in [0, 0.1) is 5.92 Å². The van der Waals surface area contributed by atoms with Gasteiger partial charge >= 0.3 is 0 Å². The summed E-state index contributed by atoms with van der Waals surface area (Å²) in [4.78, 5) is 9.77. The van der Waals surface area contributed by atoms with Gasteiger partial charge in [-0.2, -0.15) is 0 Å². The predicted molar refractivity (Wildman–Crippen MR) is 23.3 cm³/mol. The normalized spacial score (nSPS) is 14.0. The number of nitrogens with one attached hydrogen (secondary N) is 1. The van der Waals surface area contributed by atoms with E-state index in [1.54, 1.807) is 0 Å². The molecule has 0 aliphatic rings. The van der Waals surface area contributed by atoms with Gasteiger partial charge in [0, 0.05) is 0 Å². The fraction of sp³-hybridized carbons (Fsp3) is 0.750. The van der Waals surface area contributed by atoms with Crippen molar-refractivity contribution < 1.29 is 13.6 Å². The van der Waals surface area contributed by atoms with Crippen LogP contribution in [0.5, 0.6) is 0 Å². The second-order valence-corrected chi connectivity index (χ2v) is 1.49. The maximum Gasteiger partial charge on any atom is 0.249 e. The summed E-state index contributed by atoms with van der Waals surface area (Å²) in [6.07, 6.45) is -2.69. The average molecular weight is 122 g/mol. The molecule has 0 heterocycles. The Morgan fingerprint density at radius 3 is 2.00 bits per heavy atom. The van der Waals surface area contributed by atoms with Crippen molar-refractivity contribution >= 4 is 5.91 Å². The number of carbonyl (C=O) groups excluding carboxylic acids is 1. The third-order valence-electron chi connectivity index (χ3n) is 0.792. The van der Waals surface area contributed by atoms with E-state index in [1.165, 1.54) is 0 Å². The molecule has 0 saturated heterocycles. The number of hydrogen-bond donors (Lipinski definition) is 0. The summed E-state index contributed by atoms with van der Waals surface area (Å²) in [6.45, 7) is 1.03. The molecular weight excluding hydrogens is 116 g/mol. The molecule has 1 atom stereocenters. The van der Waals surface area contributed by atoms with E-state index < -0.39 is 18.3 Å². The second kappa shape index (κ2) is 2.59. The SMILES string of the molecule is C[C@H](C([NH])=O)C(F)F. The number of carbonyl (C=O) groups is 1. The van der Waals surface area contributed by atoms with E-state index in [9.17, 15) is 13.6 Å². The molecule has 47 valence electrons. The first kappa shape index (κ1) is 7.33. The summed E-state index contributed by atoms with van der Waals surface area (Å²) in [5, 5.41) is 0. The average Bonchev–Trinajstić information content (AvgIpc) is 1.64. The van der Waals surface area contributed by atoms with Gasteiger partial charge in [0.25, 0.3) is 0 Å². The molecule has 0 bridgehead atoms. The van der Waals surface area contributed by atoms with Crippen molar-refractivity contribution in [2.45, 2.75) is 13.3 Å². The van der Waals surface area contributed by atoms with Crippen LogP contribution in [0.4, 0.5) is 8.78 Å².